The molecule has 3 aromatic carbocycles. The van der Waals surface area contributed by atoms with Gasteiger partial charge in [-0.05, 0) is 78.4 Å². The van der Waals surface area contributed by atoms with E-state index in [0.29, 0.717) is 5.56 Å². The summed E-state index contributed by atoms with van der Waals surface area (Å²) in [5.74, 6) is -1.95. The van der Waals surface area contributed by atoms with Crippen molar-refractivity contribution < 1.29 is 27.8 Å². The second-order valence-electron chi connectivity index (χ2n) is 9.50. The lowest BCUT2D eigenvalue weighted by atomic mass is 9.77. The quantitative estimate of drug-likeness (QED) is 0.364. The Balaban J connectivity index is 1.34. The van der Waals surface area contributed by atoms with Gasteiger partial charge in [-0.25, -0.2) is 18.6 Å². The van der Waals surface area contributed by atoms with Crippen LogP contribution >= 0.6 is 0 Å². The van der Waals surface area contributed by atoms with Crippen LogP contribution in [0.15, 0.2) is 83.5 Å². The summed E-state index contributed by atoms with van der Waals surface area (Å²) in [5.41, 5.74) is 3.47. The summed E-state index contributed by atoms with van der Waals surface area (Å²) in [6.07, 6.45) is 4.29. The van der Waals surface area contributed by atoms with Crippen LogP contribution in [0.5, 0.6) is 5.75 Å². The number of fused-ring (bicyclic) bond motifs is 1. The zero-order valence-electron chi connectivity index (χ0n) is 21.4. The zero-order valence-corrected chi connectivity index (χ0v) is 21.4. The van der Waals surface area contributed by atoms with Gasteiger partial charge in [0.1, 0.15) is 23.5 Å². The lowest BCUT2D eigenvalue weighted by molar-refractivity contribution is -0.154. The fourth-order valence-corrected chi connectivity index (χ4v) is 5.03. The summed E-state index contributed by atoms with van der Waals surface area (Å²) in [6, 6.07) is 20.0. The van der Waals surface area contributed by atoms with Crippen molar-refractivity contribution in [2.45, 2.75) is 25.3 Å². The third kappa shape index (κ3) is 5.91. The molecule has 202 valence electrons. The fourth-order valence-electron chi connectivity index (χ4n) is 5.03. The molecule has 1 heterocycles. The molecule has 2 aliphatic rings. The summed E-state index contributed by atoms with van der Waals surface area (Å²) in [4.78, 5) is 25.7. The van der Waals surface area contributed by atoms with Gasteiger partial charge in [-0.3, -0.25) is 4.79 Å². The van der Waals surface area contributed by atoms with Crippen LogP contribution < -0.4 is 4.74 Å². The van der Waals surface area contributed by atoms with Crippen molar-refractivity contribution >= 4 is 23.7 Å². The standard InChI is InChI=1S/C31H25F2N3O4/c32-24-12-8-20(9-13-24)16-22-5-3-6-26-30(22)35-36(31(26)21-10-14-25(33)15-11-21)28(37)18-40-29(38)19-39-27-7-2-1-4-23(27)17-34/h1-2,4,7-16,26,31H,3,5-6,18-19H2. The first kappa shape index (κ1) is 26.8. The van der Waals surface area contributed by atoms with E-state index < -0.39 is 36.9 Å². The van der Waals surface area contributed by atoms with Crippen LogP contribution in [-0.2, 0) is 14.3 Å². The van der Waals surface area contributed by atoms with Crippen molar-refractivity contribution in [3.63, 3.8) is 0 Å². The minimum Gasteiger partial charge on any atom is -0.481 e. The van der Waals surface area contributed by atoms with Crippen LogP contribution in [0, 0.1) is 28.9 Å². The number of carbonyl (C=O) groups is 2. The smallest absolute Gasteiger partial charge is 0.344 e. The second-order valence-corrected chi connectivity index (χ2v) is 9.50. The van der Waals surface area contributed by atoms with E-state index in [9.17, 15) is 18.4 Å². The minimum atomic E-state index is -0.777. The van der Waals surface area contributed by atoms with Gasteiger partial charge < -0.3 is 9.47 Å². The van der Waals surface area contributed by atoms with E-state index >= 15 is 0 Å². The van der Waals surface area contributed by atoms with E-state index in [1.165, 1.54) is 29.3 Å². The number of benzene rings is 3. The number of halogens is 2. The molecule has 0 radical (unpaired) electrons. The van der Waals surface area contributed by atoms with Crippen molar-refractivity contribution in [1.82, 2.24) is 5.01 Å². The lowest BCUT2D eigenvalue weighted by Crippen LogP contribution is -2.35. The van der Waals surface area contributed by atoms with Crippen molar-refractivity contribution in [3.8, 4) is 11.8 Å². The fraction of sp³-hybridized carbons (Fsp3) is 0.226. The summed E-state index contributed by atoms with van der Waals surface area (Å²) in [6.45, 7) is -1.05. The van der Waals surface area contributed by atoms with Crippen LogP contribution in [0.1, 0.15) is 42.0 Å². The molecule has 0 N–H and O–H groups in total. The molecule has 2 atom stereocenters. The van der Waals surface area contributed by atoms with Gasteiger partial charge in [0.15, 0.2) is 13.2 Å². The molecule has 0 saturated heterocycles. The Bertz CT molecular complexity index is 1510. The number of hydrogen-bond acceptors (Lipinski definition) is 6. The van der Waals surface area contributed by atoms with Crippen molar-refractivity contribution in [1.29, 1.82) is 5.26 Å². The second kappa shape index (κ2) is 11.9. The van der Waals surface area contributed by atoms with Gasteiger partial charge in [0.2, 0.25) is 0 Å². The van der Waals surface area contributed by atoms with Crippen LogP contribution in [0.2, 0.25) is 0 Å². The average Bonchev–Trinajstić information content (AvgIpc) is 3.37. The predicted molar refractivity (Wildman–Crippen MR) is 143 cm³/mol. The maximum Gasteiger partial charge on any atom is 0.344 e. The van der Waals surface area contributed by atoms with E-state index in [2.05, 4.69) is 5.10 Å². The van der Waals surface area contributed by atoms with E-state index in [-0.39, 0.29) is 23.0 Å². The molecule has 40 heavy (non-hydrogen) atoms. The van der Waals surface area contributed by atoms with Gasteiger partial charge in [-0.15, -0.1) is 0 Å². The first-order chi connectivity index (χ1) is 19.4. The number of para-hydroxylation sites is 1. The molecule has 5 rings (SSSR count). The molecule has 0 spiro atoms. The molecular weight excluding hydrogens is 516 g/mol. The molecule has 1 fully saturated rings. The van der Waals surface area contributed by atoms with Crippen molar-refractivity contribution in [2.75, 3.05) is 13.2 Å². The average molecular weight is 542 g/mol. The molecule has 1 aliphatic heterocycles. The molecule has 1 saturated carbocycles. The highest BCUT2D eigenvalue weighted by molar-refractivity contribution is 6.08. The third-order valence-corrected chi connectivity index (χ3v) is 6.89. The number of allylic oxidation sites excluding steroid dienone is 1. The van der Waals surface area contributed by atoms with Gasteiger partial charge in [-0.1, -0.05) is 36.4 Å². The highest BCUT2D eigenvalue weighted by Gasteiger charge is 2.43. The first-order valence-corrected chi connectivity index (χ1v) is 12.8. The maximum atomic E-state index is 13.7. The first-order valence-electron chi connectivity index (χ1n) is 12.8. The number of amides is 1. The molecule has 2 unspecified atom stereocenters. The number of esters is 1. The van der Waals surface area contributed by atoms with Gasteiger partial charge in [-0.2, -0.15) is 10.4 Å². The zero-order chi connectivity index (χ0) is 28.1. The Hall–Kier alpha value is -4.84. The van der Waals surface area contributed by atoms with Gasteiger partial charge >= 0.3 is 5.97 Å². The molecule has 1 aliphatic carbocycles. The molecule has 9 heteroatoms. The van der Waals surface area contributed by atoms with E-state index in [1.807, 2.05) is 12.1 Å². The minimum absolute atomic E-state index is 0.142. The number of hydrazone groups is 1. The number of nitrogens with zero attached hydrogens (tertiary/aromatic N) is 3. The topological polar surface area (TPSA) is 92.0 Å². The Morgan fingerprint density at radius 2 is 1.70 bits per heavy atom. The SMILES string of the molecule is N#Cc1ccccc1OCC(=O)OCC(=O)N1N=C2C(=Cc3ccc(F)cc3)CCCC2C1c1ccc(F)cc1. The number of rotatable bonds is 7. The Labute approximate surface area is 229 Å². The number of hydrogen-bond donors (Lipinski definition) is 0. The largest absolute Gasteiger partial charge is 0.481 e. The molecule has 1 amide bonds. The Kier molecular flexibility index (Phi) is 7.97. The number of ether oxygens (including phenoxy) is 2. The lowest BCUT2D eigenvalue weighted by Gasteiger charge is -2.29. The number of carbonyl (C=O) groups excluding carboxylic acids is 2. The summed E-state index contributed by atoms with van der Waals surface area (Å²) >= 11 is 0. The van der Waals surface area contributed by atoms with Crippen LogP contribution in [0.3, 0.4) is 0 Å². The highest BCUT2D eigenvalue weighted by atomic mass is 19.1. The predicted octanol–water partition coefficient (Wildman–Crippen LogP) is 5.58. The van der Waals surface area contributed by atoms with Crippen molar-refractivity contribution in [2.24, 2.45) is 11.0 Å². The van der Waals surface area contributed by atoms with E-state index in [1.54, 1.807) is 48.5 Å². The molecular formula is C31H25F2N3O4. The van der Waals surface area contributed by atoms with Gasteiger partial charge in [0.05, 0.1) is 17.3 Å². The molecule has 0 bridgehead atoms. The summed E-state index contributed by atoms with van der Waals surface area (Å²) in [5, 5.41) is 15.2. The van der Waals surface area contributed by atoms with Gasteiger partial charge in [0.25, 0.3) is 5.91 Å². The summed E-state index contributed by atoms with van der Waals surface area (Å²) in [7, 11) is 0. The Morgan fingerprint density at radius 3 is 2.42 bits per heavy atom. The van der Waals surface area contributed by atoms with Crippen LogP contribution in [0.4, 0.5) is 8.78 Å². The maximum absolute atomic E-state index is 13.7. The monoisotopic (exact) mass is 541 g/mol. The Morgan fingerprint density at radius 1 is 1.00 bits per heavy atom. The molecule has 7 nitrogen and oxygen atoms in total. The van der Waals surface area contributed by atoms with Gasteiger partial charge in [0, 0.05) is 5.92 Å². The van der Waals surface area contributed by atoms with E-state index in [4.69, 9.17) is 14.7 Å². The summed E-state index contributed by atoms with van der Waals surface area (Å²) < 4.78 is 37.7. The molecule has 0 aromatic heterocycles. The van der Waals surface area contributed by atoms with Crippen LogP contribution in [0.25, 0.3) is 6.08 Å². The highest BCUT2D eigenvalue weighted by Crippen LogP contribution is 2.44. The van der Waals surface area contributed by atoms with E-state index in [0.717, 1.165) is 36.1 Å². The third-order valence-electron chi connectivity index (χ3n) is 6.89. The molecule has 3 aromatic rings. The van der Waals surface area contributed by atoms with Crippen LogP contribution in [-0.4, -0.2) is 35.8 Å². The van der Waals surface area contributed by atoms with Crippen molar-refractivity contribution in [3.05, 3.63) is 107 Å². The normalized spacial score (nSPS) is 19.0. The number of nitriles is 1.